The molecule has 2 aromatic heterocycles. The molecule has 34 heavy (non-hydrogen) atoms. The lowest BCUT2D eigenvalue weighted by Crippen LogP contribution is -2.40. The van der Waals surface area contributed by atoms with Crippen LogP contribution in [0.3, 0.4) is 0 Å². The highest BCUT2D eigenvalue weighted by atomic mass is 32.1. The number of halogens is 3. The Kier molecular flexibility index (Phi) is 6.19. The van der Waals surface area contributed by atoms with E-state index in [4.69, 9.17) is 0 Å². The molecule has 3 heterocycles. The molecule has 1 aliphatic carbocycles. The van der Waals surface area contributed by atoms with Crippen LogP contribution in [0.15, 0.2) is 36.3 Å². The van der Waals surface area contributed by atoms with Gasteiger partial charge < -0.3 is 15.7 Å². The third-order valence-corrected chi connectivity index (χ3v) is 7.25. The molecule has 3 unspecified atom stereocenters. The number of hydrogen-bond donors (Lipinski definition) is 3. The van der Waals surface area contributed by atoms with Gasteiger partial charge in [-0.3, -0.25) is 9.59 Å². The first-order valence-corrected chi connectivity index (χ1v) is 11.4. The molecule has 0 spiro atoms. The lowest BCUT2D eigenvalue weighted by atomic mass is 9.83. The van der Waals surface area contributed by atoms with Gasteiger partial charge in [-0.2, -0.15) is 13.2 Å². The second-order valence-corrected chi connectivity index (χ2v) is 9.56. The number of aromatic nitrogens is 3. The molecule has 0 radical (unpaired) electrons. The van der Waals surface area contributed by atoms with Gasteiger partial charge in [0, 0.05) is 31.1 Å². The molecule has 4 rings (SSSR count). The number of aliphatic carboxylic acids is 1. The van der Waals surface area contributed by atoms with Crippen molar-refractivity contribution in [3.8, 4) is 0 Å². The summed E-state index contributed by atoms with van der Waals surface area (Å²) in [5, 5.41) is 15.6. The number of carboxylic acids is 1. The van der Waals surface area contributed by atoms with Gasteiger partial charge in [0.1, 0.15) is 5.69 Å². The summed E-state index contributed by atoms with van der Waals surface area (Å²) < 4.78 is 38.9. The van der Waals surface area contributed by atoms with Crippen molar-refractivity contribution in [1.29, 1.82) is 0 Å². The summed E-state index contributed by atoms with van der Waals surface area (Å²) in [7, 11) is 0. The van der Waals surface area contributed by atoms with Crippen LogP contribution in [0.1, 0.15) is 35.8 Å². The van der Waals surface area contributed by atoms with Gasteiger partial charge in [-0.05, 0) is 36.0 Å². The Morgan fingerprint density at radius 1 is 1.35 bits per heavy atom. The first-order valence-electron chi connectivity index (χ1n) is 10.6. The van der Waals surface area contributed by atoms with Crippen LogP contribution >= 0.6 is 11.3 Å². The van der Waals surface area contributed by atoms with E-state index in [1.54, 1.807) is 12.3 Å². The molecule has 2 aliphatic rings. The van der Waals surface area contributed by atoms with Gasteiger partial charge in [0.15, 0.2) is 5.41 Å². The smallest absolute Gasteiger partial charge is 0.433 e. The molecular formula is C22H22F3N5O3S. The highest BCUT2D eigenvalue weighted by Crippen LogP contribution is 2.40. The summed E-state index contributed by atoms with van der Waals surface area (Å²) in [5.41, 5.74) is -1.12. The van der Waals surface area contributed by atoms with Gasteiger partial charge in [-0.25, -0.2) is 15.0 Å². The standard InChI is InChI=1S/C22H22F3N5O3S/c1-11-7-13(29-20-27-5-3-16(30-20)22(23,24)25)8-14(12(11)2)15-10-28-17(34-15)9-21(19(32)33)4-6-26-18(21)31/h3,5,7-8,10-12H,4,6,9H2,1-2H3,(H,26,31)(H,32,33)(H,27,29,30). The van der Waals surface area contributed by atoms with Crippen molar-refractivity contribution >= 4 is 34.7 Å². The average Bonchev–Trinajstić information content (AvgIpc) is 3.38. The molecule has 0 saturated carbocycles. The molecule has 1 saturated heterocycles. The van der Waals surface area contributed by atoms with E-state index in [2.05, 4.69) is 25.6 Å². The highest BCUT2D eigenvalue weighted by molar-refractivity contribution is 7.12. The summed E-state index contributed by atoms with van der Waals surface area (Å²) >= 11 is 1.31. The summed E-state index contributed by atoms with van der Waals surface area (Å²) in [4.78, 5) is 36.7. The molecule has 3 atom stereocenters. The molecule has 8 nitrogen and oxygen atoms in total. The van der Waals surface area contributed by atoms with Crippen molar-refractivity contribution in [2.75, 3.05) is 11.9 Å². The van der Waals surface area contributed by atoms with Crippen molar-refractivity contribution in [3.05, 3.63) is 51.9 Å². The van der Waals surface area contributed by atoms with Crippen molar-refractivity contribution in [2.24, 2.45) is 17.3 Å². The summed E-state index contributed by atoms with van der Waals surface area (Å²) in [6.07, 6.45) is 2.00. The number of carbonyl (C=O) groups is 2. The lowest BCUT2D eigenvalue weighted by molar-refractivity contribution is -0.153. The Hall–Kier alpha value is -3.28. The van der Waals surface area contributed by atoms with Gasteiger partial charge >= 0.3 is 12.1 Å². The molecule has 1 fully saturated rings. The number of rotatable bonds is 6. The Bertz CT molecular complexity index is 1190. The van der Waals surface area contributed by atoms with E-state index in [-0.39, 0.29) is 30.6 Å². The van der Waals surface area contributed by atoms with E-state index in [1.807, 2.05) is 19.9 Å². The molecule has 12 heteroatoms. The number of thiazole rings is 1. The number of hydrogen-bond acceptors (Lipinski definition) is 7. The third kappa shape index (κ3) is 4.54. The normalized spacial score (nSPS) is 24.9. The zero-order valence-electron chi connectivity index (χ0n) is 18.3. The summed E-state index contributed by atoms with van der Waals surface area (Å²) in [6, 6.07) is 0.805. The van der Waals surface area contributed by atoms with Crippen molar-refractivity contribution in [2.45, 2.75) is 32.9 Å². The topological polar surface area (TPSA) is 117 Å². The van der Waals surface area contributed by atoms with Gasteiger partial charge in [-0.1, -0.05) is 19.9 Å². The summed E-state index contributed by atoms with van der Waals surface area (Å²) in [5.74, 6) is -1.73. The van der Waals surface area contributed by atoms with Crippen LogP contribution in [0.25, 0.3) is 5.57 Å². The molecule has 3 N–H and O–H groups in total. The van der Waals surface area contributed by atoms with E-state index in [0.29, 0.717) is 17.2 Å². The van der Waals surface area contributed by atoms with Crippen molar-refractivity contribution < 1.29 is 27.9 Å². The molecule has 0 aromatic carbocycles. The molecular weight excluding hydrogens is 471 g/mol. The third-order valence-electron chi connectivity index (χ3n) is 6.21. The summed E-state index contributed by atoms with van der Waals surface area (Å²) in [6.45, 7) is 4.31. The van der Waals surface area contributed by atoms with Crippen LogP contribution in [0.2, 0.25) is 0 Å². The number of alkyl halides is 3. The minimum atomic E-state index is -4.58. The van der Waals surface area contributed by atoms with Crippen LogP contribution in [0, 0.1) is 17.3 Å². The Balaban J connectivity index is 1.58. The average molecular weight is 494 g/mol. The van der Waals surface area contributed by atoms with E-state index < -0.39 is 29.2 Å². The molecule has 1 aliphatic heterocycles. The Morgan fingerprint density at radius 2 is 2.12 bits per heavy atom. The number of anilines is 1. The molecule has 180 valence electrons. The predicted octanol–water partition coefficient (Wildman–Crippen LogP) is 3.75. The Labute approximate surface area is 197 Å². The van der Waals surface area contributed by atoms with Crippen molar-refractivity contribution in [1.82, 2.24) is 20.3 Å². The number of nitrogens with zero attached hydrogens (tertiary/aromatic N) is 3. The molecule has 2 aromatic rings. The number of nitrogens with one attached hydrogen (secondary N) is 2. The monoisotopic (exact) mass is 493 g/mol. The first-order chi connectivity index (χ1) is 16.0. The van der Waals surface area contributed by atoms with E-state index in [0.717, 1.165) is 22.7 Å². The zero-order chi connectivity index (χ0) is 24.7. The number of allylic oxidation sites excluding steroid dienone is 3. The maximum atomic E-state index is 13.0. The zero-order valence-corrected chi connectivity index (χ0v) is 19.1. The number of carbonyl (C=O) groups excluding carboxylic acids is 1. The fourth-order valence-electron chi connectivity index (χ4n) is 4.04. The van der Waals surface area contributed by atoms with Crippen LogP contribution in [0.5, 0.6) is 0 Å². The van der Waals surface area contributed by atoms with Gasteiger partial charge in [0.2, 0.25) is 11.9 Å². The minimum absolute atomic E-state index is 0.00489. The highest BCUT2D eigenvalue weighted by Gasteiger charge is 2.50. The number of carboxylic acid groups (broad SMARTS) is 1. The predicted molar refractivity (Wildman–Crippen MR) is 119 cm³/mol. The van der Waals surface area contributed by atoms with Gasteiger partial charge in [0.05, 0.1) is 9.88 Å². The van der Waals surface area contributed by atoms with Crippen LogP contribution < -0.4 is 10.6 Å². The van der Waals surface area contributed by atoms with Gasteiger partial charge in [-0.15, -0.1) is 11.3 Å². The SMILES string of the molecule is CC1C=C(Nc2nccc(C(F)(F)F)n2)C=C(c2cnc(CC3(C(=O)O)CCNC3=O)s2)C1C. The molecule has 0 bridgehead atoms. The number of amides is 1. The Morgan fingerprint density at radius 3 is 2.76 bits per heavy atom. The van der Waals surface area contributed by atoms with E-state index in [9.17, 15) is 27.9 Å². The quantitative estimate of drug-likeness (QED) is 0.525. The van der Waals surface area contributed by atoms with Crippen molar-refractivity contribution in [3.63, 3.8) is 0 Å². The second-order valence-electron chi connectivity index (χ2n) is 8.45. The van der Waals surface area contributed by atoms with E-state index in [1.165, 1.54) is 11.3 Å². The second kappa shape index (κ2) is 8.82. The fraction of sp³-hybridized carbons (Fsp3) is 0.409. The van der Waals surface area contributed by atoms with Crippen LogP contribution in [0.4, 0.5) is 19.1 Å². The lowest BCUT2D eigenvalue weighted by Gasteiger charge is -2.25. The minimum Gasteiger partial charge on any atom is -0.480 e. The molecule has 1 amide bonds. The van der Waals surface area contributed by atoms with Crippen LogP contribution in [-0.2, 0) is 22.2 Å². The largest absolute Gasteiger partial charge is 0.480 e. The maximum absolute atomic E-state index is 13.0. The van der Waals surface area contributed by atoms with E-state index >= 15 is 0 Å². The van der Waals surface area contributed by atoms with Gasteiger partial charge in [0.25, 0.3) is 0 Å². The maximum Gasteiger partial charge on any atom is 0.433 e. The van der Waals surface area contributed by atoms with Crippen LogP contribution in [-0.4, -0.2) is 38.5 Å². The first kappa shape index (κ1) is 23.9. The fourth-order valence-corrected chi connectivity index (χ4v) is 5.19.